The molecule has 1 atom stereocenters. The average molecular weight is 294 g/mol. The molecule has 1 aromatic carbocycles. The van der Waals surface area contributed by atoms with Crippen LogP contribution >= 0.6 is 0 Å². The molecular weight excluding hydrogens is 272 g/mol. The summed E-state index contributed by atoms with van der Waals surface area (Å²) in [5.74, 6) is -0.749. The molecule has 0 aliphatic carbocycles. The second kappa shape index (κ2) is 8.39. The number of esters is 1. The van der Waals surface area contributed by atoms with Gasteiger partial charge in [0.15, 0.2) is 0 Å². The molecule has 0 heterocycles. The van der Waals surface area contributed by atoms with Crippen molar-refractivity contribution in [2.45, 2.75) is 32.9 Å². The Kier molecular flexibility index (Phi) is 6.84. The number of aliphatic hydroxyl groups is 1. The maximum Gasteiger partial charge on any atom is 0.338 e. The minimum absolute atomic E-state index is 0.0804. The summed E-state index contributed by atoms with van der Waals surface area (Å²) in [6.45, 7) is 5.60. The highest BCUT2D eigenvalue weighted by molar-refractivity contribution is 5.93. The SMILES string of the molecule is CC(=O)Nc1cccc(C(=O)OCC(O)CNC(C)C)c1. The molecule has 6 nitrogen and oxygen atoms in total. The van der Waals surface area contributed by atoms with E-state index in [9.17, 15) is 14.7 Å². The Hall–Kier alpha value is -1.92. The molecule has 116 valence electrons. The van der Waals surface area contributed by atoms with E-state index < -0.39 is 12.1 Å². The fourth-order valence-corrected chi connectivity index (χ4v) is 1.61. The van der Waals surface area contributed by atoms with Crippen LogP contribution in [0.1, 0.15) is 31.1 Å². The van der Waals surface area contributed by atoms with Crippen molar-refractivity contribution in [1.29, 1.82) is 0 Å². The van der Waals surface area contributed by atoms with Crippen molar-refractivity contribution in [3.8, 4) is 0 Å². The Bertz CT molecular complexity index is 488. The topological polar surface area (TPSA) is 87.7 Å². The molecule has 0 saturated heterocycles. The molecule has 1 unspecified atom stereocenters. The van der Waals surface area contributed by atoms with Gasteiger partial charge in [0.2, 0.25) is 5.91 Å². The standard InChI is InChI=1S/C15H22N2O4/c1-10(2)16-8-14(19)9-21-15(20)12-5-4-6-13(7-12)17-11(3)18/h4-7,10,14,16,19H,8-9H2,1-3H3,(H,17,18). The minimum Gasteiger partial charge on any atom is -0.459 e. The van der Waals surface area contributed by atoms with Crippen molar-refractivity contribution >= 4 is 17.6 Å². The predicted molar refractivity (Wildman–Crippen MR) is 80.2 cm³/mol. The molecule has 0 spiro atoms. The molecule has 0 aliphatic rings. The van der Waals surface area contributed by atoms with Crippen LogP contribution in [0.5, 0.6) is 0 Å². The van der Waals surface area contributed by atoms with Gasteiger partial charge in [0, 0.05) is 25.2 Å². The molecule has 1 aromatic rings. The zero-order valence-corrected chi connectivity index (χ0v) is 12.6. The molecule has 0 radical (unpaired) electrons. The predicted octanol–water partition coefficient (Wildman–Crippen LogP) is 1.16. The lowest BCUT2D eigenvalue weighted by molar-refractivity contribution is -0.114. The summed E-state index contributed by atoms with van der Waals surface area (Å²) in [4.78, 5) is 22.8. The van der Waals surface area contributed by atoms with Gasteiger partial charge in [-0.25, -0.2) is 4.79 Å². The first-order valence-corrected chi connectivity index (χ1v) is 6.84. The van der Waals surface area contributed by atoms with E-state index in [1.54, 1.807) is 18.2 Å². The lowest BCUT2D eigenvalue weighted by Crippen LogP contribution is -2.35. The maximum absolute atomic E-state index is 11.9. The summed E-state index contributed by atoms with van der Waals surface area (Å²) in [7, 11) is 0. The normalized spacial score (nSPS) is 12.0. The number of carbonyl (C=O) groups is 2. The van der Waals surface area contributed by atoms with Gasteiger partial charge in [0.1, 0.15) is 12.7 Å². The molecule has 0 saturated carbocycles. The highest BCUT2D eigenvalue weighted by atomic mass is 16.5. The van der Waals surface area contributed by atoms with Crippen LogP contribution in [0.4, 0.5) is 5.69 Å². The second-order valence-electron chi connectivity index (χ2n) is 5.08. The summed E-state index contributed by atoms with van der Waals surface area (Å²) in [6.07, 6.45) is -0.755. The smallest absolute Gasteiger partial charge is 0.338 e. The fourth-order valence-electron chi connectivity index (χ4n) is 1.61. The lowest BCUT2D eigenvalue weighted by atomic mass is 10.2. The van der Waals surface area contributed by atoms with E-state index in [1.165, 1.54) is 13.0 Å². The van der Waals surface area contributed by atoms with E-state index in [0.717, 1.165) is 0 Å². The molecule has 3 N–H and O–H groups in total. The van der Waals surface area contributed by atoms with Crippen molar-refractivity contribution in [2.75, 3.05) is 18.5 Å². The van der Waals surface area contributed by atoms with Crippen molar-refractivity contribution < 1.29 is 19.4 Å². The van der Waals surface area contributed by atoms with Gasteiger partial charge in [-0.2, -0.15) is 0 Å². The van der Waals surface area contributed by atoms with Gasteiger partial charge in [0.05, 0.1) is 5.56 Å². The van der Waals surface area contributed by atoms with Crippen LogP contribution in [0, 0.1) is 0 Å². The summed E-state index contributed by atoms with van der Waals surface area (Å²) in [5.41, 5.74) is 0.851. The summed E-state index contributed by atoms with van der Waals surface area (Å²) >= 11 is 0. The molecule has 0 aromatic heterocycles. The van der Waals surface area contributed by atoms with E-state index in [0.29, 0.717) is 17.8 Å². The van der Waals surface area contributed by atoms with Crippen LogP contribution in [-0.4, -0.2) is 42.3 Å². The van der Waals surface area contributed by atoms with Gasteiger partial charge in [-0.05, 0) is 18.2 Å². The maximum atomic E-state index is 11.9. The number of anilines is 1. The molecule has 0 fully saturated rings. The lowest BCUT2D eigenvalue weighted by Gasteiger charge is -2.14. The van der Waals surface area contributed by atoms with Gasteiger partial charge in [-0.1, -0.05) is 19.9 Å². The first kappa shape index (κ1) is 17.1. The molecule has 6 heteroatoms. The largest absolute Gasteiger partial charge is 0.459 e. The van der Waals surface area contributed by atoms with Crippen LogP contribution < -0.4 is 10.6 Å². The monoisotopic (exact) mass is 294 g/mol. The van der Waals surface area contributed by atoms with Crippen LogP contribution in [0.15, 0.2) is 24.3 Å². The Morgan fingerprint density at radius 3 is 2.67 bits per heavy atom. The average Bonchev–Trinajstić information content (AvgIpc) is 2.42. The van der Waals surface area contributed by atoms with E-state index in [4.69, 9.17) is 4.74 Å². The number of aliphatic hydroxyl groups excluding tert-OH is 1. The summed E-state index contributed by atoms with van der Waals surface area (Å²) in [5, 5.41) is 15.3. The van der Waals surface area contributed by atoms with Gasteiger partial charge >= 0.3 is 5.97 Å². The Morgan fingerprint density at radius 2 is 2.05 bits per heavy atom. The fraction of sp³-hybridized carbons (Fsp3) is 0.467. The molecule has 21 heavy (non-hydrogen) atoms. The Labute approximate surface area is 124 Å². The second-order valence-corrected chi connectivity index (χ2v) is 5.08. The number of rotatable bonds is 7. The molecular formula is C15H22N2O4. The van der Waals surface area contributed by atoms with Gasteiger partial charge in [-0.3, -0.25) is 4.79 Å². The number of nitrogens with one attached hydrogen (secondary N) is 2. The third kappa shape index (κ3) is 6.87. The van der Waals surface area contributed by atoms with E-state index in [-0.39, 0.29) is 18.6 Å². The Morgan fingerprint density at radius 1 is 1.33 bits per heavy atom. The van der Waals surface area contributed by atoms with Crippen molar-refractivity contribution in [3.63, 3.8) is 0 Å². The number of amides is 1. The van der Waals surface area contributed by atoms with Crippen molar-refractivity contribution in [2.24, 2.45) is 0 Å². The highest BCUT2D eigenvalue weighted by Gasteiger charge is 2.12. The van der Waals surface area contributed by atoms with Crippen molar-refractivity contribution in [1.82, 2.24) is 5.32 Å². The third-order valence-corrected chi connectivity index (χ3v) is 2.59. The molecule has 1 rings (SSSR count). The van der Waals surface area contributed by atoms with E-state index in [1.807, 2.05) is 13.8 Å². The first-order chi connectivity index (χ1) is 9.88. The number of hydrogen-bond donors (Lipinski definition) is 3. The van der Waals surface area contributed by atoms with Crippen LogP contribution in [0.25, 0.3) is 0 Å². The zero-order valence-electron chi connectivity index (χ0n) is 12.6. The van der Waals surface area contributed by atoms with Gasteiger partial charge in [-0.15, -0.1) is 0 Å². The molecule has 0 bridgehead atoms. The molecule has 1 amide bonds. The zero-order chi connectivity index (χ0) is 15.8. The summed E-state index contributed by atoms with van der Waals surface area (Å²) in [6, 6.07) is 6.71. The van der Waals surface area contributed by atoms with Gasteiger partial charge in [0.25, 0.3) is 0 Å². The van der Waals surface area contributed by atoms with Gasteiger partial charge < -0.3 is 20.5 Å². The number of hydrogen-bond acceptors (Lipinski definition) is 5. The first-order valence-electron chi connectivity index (χ1n) is 6.84. The highest BCUT2D eigenvalue weighted by Crippen LogP contribution is 2.11. The summed E-state index contributed by atoms with van der Waals surface area (Å²) < 4.78 is 5.04. The van der Waals surface area contributed by atoms with Crippen LogP contribution in [0.3, 0.4) is 0 Å². The quantitative estimate of drug-likeness (QED) is 0.657. The van der Waals surface area contributed by atoms with E-state index in [2.05, 4.69) is 10.6 Å². The van der Waals surface area contributed by atoms with Crippen LogP contribution in [-0.2, 0) is 9.53 Å². The third-order valence-electron chi connectivity index (χ3n) is 2.59. The van der Waals surface area contributed by atoms with Crippen LogP contribution in [0.2, 0.25) is 0 Å². The number of carbonyl (C=O) groups excluding carboxylic acids is 2. The molecule has 0 aliphatic heterocycles. The minimum atomic E-state index is -0.755. The number of benzene rings is 1. The van der Waals surface area contributed by atoms with E-state index >= 15 is 0 Å². The Balaban J connectivity index is 2.50. The number of ether oxygens (including phenoxy) is 1. The van der Waals surface area contributed by atoms with Crippen molar-refractivity contribution in [3.05, 3.63) is 29.8 Å².